The lowest BCUT2D eigenvalue weighted by molar-refractivity contribution is -0.136. The van der Waals surface area contributed by atoms with E-state index in [0.717, 1.165) is 4.47 Å². The number of benzene rings is 1. The van der Waals surface area contributed by atoms with Crippen molar-refractivity contribution in [2.75, 3.05) is 13.7 Å². The molecular formula is C13H15BrO4. The van der Waals surface area contributed by atoms with Crippen LogP contribution in [0.3, 0.4) is 0 Å². The molecule has 0 unspecified atom stereocenters. The van der Waals surface area contributed by atoms with E-state index in [4.69, 9.17) is 14.6 Å². The molecule has 1 aromatic rings. The summed E-state index contributed by atoms with van der Waals surface area (Å²) in [5.41, 5.74) is 0.685. The summed E-state index contributed by atoms with van der Waals surface area (Å²) in [7, 11) is 1.55. The van der Waals surface area contributed by atoms with Gasteiger partial charge in [-0.05, 0) is 52.4 Å². The van der Waals surface area contributed by atoms with Gasteiger partial charge in [-0.1, -0.05) is 0 Å². The average molecular weight is 315 g/mol. The molecule has 1 aromatic carbocycles. The molecule has 1 aliphatic rings. The summed E-state index contributed by atoms with van der Waals surface area (Å²) in [6.07, 6.45) is 2.41. The molecule has 0 radical (unpaired) electrons. The number of hydrogen-bond acceptors (Lipinski definition) is 3. The third kappa shape index (κ3) is 3.38. The Hall–Kier alpha value is -1.23. The van der Waals surface area contributed by atoms with Gasteiger partial charge in [-0.2, -0.15) is 0 Å². The monoisotopic (exact) mass is 314 g/mol. The van der Waals surface area contributed by atoms with E-state index in [1.54, 1.807) is 19.2 Å². The summed E-state index contributed by atoms with van der Waals surface area (Å²) in [6, 6.07) is 3.47. The first-order chi connectivity index (χ1) is 8.60. The molecule has 0 heterocycles. The maximum Gasteiger partial charge on any atom is 0.307 e. The van der Waals surface area contributed by atoms with E-state index < -0.39 is 5.97 Å². The minimum Gasteiger partial charge on any atom is -0.493 e. The number of carboxylic acid groups (broad SMARTS) is 1. The van der Waals surface area contributed by atoms with E-state index in [1.807, 2.05) is 0 Å². The molecule has 2 rings (SSSR count). The number of carbonyl (C=O) groups is 1. The van der Waals surface area contributed by atoms with Gasteiger partial charge in [0.25, 0.3) is 0 Å². The molecule has 0 saturated heterocycles. The topological polar surface area (TPSA) is 55.8 Å². The zero-order valence-corrected chi connectivity index (χ0v) is 11.7. The smallest absolute Gasteiger partial charge is 0.307 e. The zero-order valence-electron chi connectivity index (χ0n) is 10.1. The maximum atomic E-state index is 10.7. The molecule has 18 heavy (non-hydrogen) atoms. The molecule has 1 N–H and O–H groups in total. The van der Waals surface area contributed by atoms with Gasteiger partial charge in [0.15, 0.2) is 11.5 Å². The van der Waals surface area contributed by atoms with Crippen molar-refractivity contribution >= 4 is 21.9 Å². The van der Waals surface area contributed by atoms with E-state index in [0.29, 0.717) is 29.6 Å². The van der Waals surface area contributed by atoms with Crippen LogP contribution in [0.5, 0.6) is 11.5 Å². The van der Waals surface area contributed by atoms with Crippen LogP contribution in [0.2, 0.25) is 0 Å². The first-order valence-electron chi connectivity index (χ1n) is 5.81. The summed E-state index contributed by atoms with van der Waals surface area (Å²) >= 11 is 3.40. The van der Waals surface area contributed by atoms with Crippen molar-refractivity contribution in [2.24, 2.45) is 5.92 Å². The van der Waals surface area contributed by atoms with Gasteiger partial charge < -0.3 is 14.6 Å². The fourth-order valence-electron chi connectivity index (χ4n) is 1.68. The van der Waals surface area contributed by atoms with Gasteiger partial charge in [-0.3, -0.25) is 4.79 Å². The number of hydrogen-bond donors (Lipinski definition) is 1. The molecule has 0 aliphatic heterocycles. The molecule has 0 amide bonds. The number of aliphatic carboxylic acids is 1. The third-order valence-corrected chi connectivity index (χ3v) is 3.39. The Bertz CT molecular complexity index is 455. The molecule has 5 heteroatoms. The van der Waals surface area contributed by atoms with E-state index in [9.17, 15) is 4.79 Å². The third-order valence-electron chi connectivity index (χ3n) is 2.80. The standard InChI is InChI=1S/C13H15BrO4/c1-17-11-5-9(6-12(15)16)4-10(14)13(11)18-7-8-2-3-8/h4-5,8H,2-3,6-7H2,1H3,(H,15,16). The van der Waals surface area contributed by atoms with Crippen LogP contribution in [-0.2, 0) is 11.2 Å². The predicted molar refractivity (Wildman–Crippen MR) is 70.3 cm³/mol. The van der Waals surface area contributed by atoms with Gasteiger partial charge in [-0.15, -0.1) is 0 Å². The summed E-state index contributed by atoms with van der Waals surface area (Å²) in [4.78, 5) is 10.7. The summed E-state index contributed by atoms with van der Waals surface area (Å²) in [6.45, 7) is 0.688. The van der Waals surface area contributed by atoms with Gasteiger partial charge in [0, 0.05) is 0 Å². The van der Waals surface area contributed by atoms with E-state index >= 15 is 0 Å². The highest BCUT2D eigenvalue weighted by molar-refractivity contribution is 9.10. The summed E-state index contributed by atoms with van der Waals surface area (Å²) in [5.74, 6) is 1.01. The molecule has 0 bridgehead atoms. The van der Waals surface area contributed by atoms with Crippen LogP contribution in [0.1, 0.15) is 18.4 Å². The predicted octanol–water partition coefficient (Wildman–Crippen LogP) is 2.87. The van der Waals surface area contributed by atoms with E-state index in [2.05, 4.69) is 15.9 Å². The summed E-state index contributed by atoms with van der Waals surface area (Å²) < 4.78 is 11.7. The molecule has 1 aliphatic carbocycles. The second-order valence-electron chi connectivity index (χ2n) is 4.43. The van der Waals surface area contributed by atoms with Crippen LogP contribution in [0.4, 0.5) is 0 Å². The Balaban J connectivity index is 2.18. The second-order valence-corrected chi connectivity index (χ2v) is 5.29. The van der Waals surface area contributed by atoms with Crippen molar-refractivity contribution in [1.29, 1.82) is 0 Å². The fourth-order valence-corrected chi connectivity index (χ4v) is 2.28. The number of methoxy groups -OCH3 is 1. The fraction of sp³-hybridized carbons (Fsp3) is 0.462. The Morgan fingerprint density at radius 2 is 2.22 bits per heavy atom. The van der Waals surface area contributed by atoms with Crippen molar-refractivity contribution in [2.45, 2.75) is 19.3 Å². The largest absolute Gasteiger partial charge is 0.493 e. The van der Waals surface area contributed by atoms with Crippen LogP contribution in [0.15, 0.2) is 16.6 Å². The van der Waals surface area contributed by atoms with Gasteiger partial charge in [-0.25, -0.2) is 0 Å². The molecule has 1 fully saturated rings. The molecule has 0 aromatic heterocycles. The molecular weight excluding hydrogens is 300 g/mol. The van der Waals surface area contributed by atoms with Crippen LogP contribution in [0.25, 0.3) is 0 Å². The normalized spacial score (nSPS) is 14.3. The lowest BCUT2D eigenvalue weighted by atomic mass is 10.1. The lowest BCUT2D eigenvalue weighted by Crippen LogP contribution is -2.04. The van der Waals surface area contributed by atoms with Gasteiger partial charge in [0.2, 0.25) is 0 Å². The highest BCUT2D eigenvalue weighted by atomic mass is 79.9. The Kier molecular flexibility index (Phi) is 4.11. The van der Waals surface area contributed by atoms with Gasteiger partial charge in [0.1, 0.15) is 0 Å². The van der Waals surface area contributed by atoms with Crippen LogP contribution in [0, 0.1) is 5.92 Å². The lowest BCUT2D eigenvalue weighted by Gasteiger charge is -2.13. The Morgan fingerprint density at radius 1 is 1.50 bits per heavy atom. The average Bonchev–Trinajstić information content (AvgIpc) is 3.10. The number of rotatable bonds is 6. The quantitative estimate of drug-likeness (QED) is 0.877. The van der Waals surface area contributed by atoms with Gasteiger partial charge >= 0.3 is 5.97 Å². The van der Waals surface area contributed by atoms with E-state index in [1.165, 1.54) is 12.8 Å². The van der Waals surface area contributed by atoms with Crippen molar-refractivity contribution in [3.8, 4) is 11.5 Å². The Morgan fingerprint density at radius 3 is 2.78 bits per heavy atom. The number of ether oxygens (including phenoxy) is 2. The molecule has 0 atom stereocenters. The van der Waals surface area contributed by atoms with Crippen LogP contribution < -0.4 is 9.47 Å². The first kappa shape index (κ1) is 13.2. The first-order valence-corrected chi connectivity index (χ1v) is 6.60. The van der Waals surface area contributed by atoms with Crippen LogP contribution in [-0.4, -0.2) is 24.8 Å². The number of halogens is 1. The van der Waals surface area contributed by atoms with Crippen molar-refractivity contribution in [3.05, 3.63) is 22.2 Å². The molecule has 4 nitrogen and oxygen atoms in total. The van der Waals surface area contributed by atoms with Crippen LogP contribution >= 0.6 is 15.9 Å². The van der Waals surface area contributed by atoms with Crippen molar-refractivity contribution < 1.29 is 19.4 Å². The van der Waals surface area contributed by atoms with Gasteiger partial charge in [0.05, 0.1) is 24.6 Å². The highest BCUT2D eigenvalue weighted by Crippen LogP contribution is 2.38. The number of carboxylic acids is 1. The SMILES string of the molecule is COc1cc(CC(=O)O)cc(Br)c1OCC1CC1. The second kappa shape index (κ2) is 5.61. The van der Waals surface area contributed by atoms with Crippen molar-refractivity contribution in [1.82, 2.24) is 0 Å². The minimum absolute atomic E-state index is 0.0299. The highest BCUT2D eigenvalue weighted by Gasteiger charge is 2.23. The van der Waals surface area contributed by atoms with E-state index in [-0.39, 0.29) is 6.42 Å². The molecule has 98 valence electrons. The Labute approximate surface area is 114 Å². The minimum atomic E-state index is -0.865. The molecule has 0 spiro atoms. The zero-order chi connectivity index (χ0) is 13.1. The molecule has 1 saturated carbocycles. The maximum absolute atomic E-state index is 10.7. The van der Waals surface area contributed by atoms with Crippen molar-refractivity contribution in [3.63, 3.8) is 0 Å². The summed E-state index contributed by atoms with van der Waals surface area (Å²) in [5, 5.41) is 8.79.